The molecule has 2 N–H and O–H groups in total. The second kappa shape index (κ2) is 6.66. The van der Waals surface area contributed by atoms with Gasteiger partial charge in [0, 0.05) is 6.04 Å². The summed E-state index contributed by atoms with van der Waals surface area (Å²) >= 11 is 6.52. The largest absolute Gasteiger partial charge is 0.493 e. The molecule has 0 aliphatic carbocycles. The molecule has 0 saturated carbocycles. The Morgan fingerprint density at radius 2 is 2.00 bits per heavy atom. The predicted octanol–water partition coefficient (Wildman–Crippen LogP) is 2.84. The summed E-state index contributed by atoms with van der Waals surface area (Å²) in [4.78, 5) is 2.28. The molecule has 2 unspecified atom stereocenters. The van der Waals surface area contributed by atoms with Crippen LogP contribution < -0.4 is 15.2 Å². The van der Waals surface area contributed by atoms with Gasteiger partial charge in [0.1, 0.15) is 0 Å². The molecule has 112 valence electrons. The highest BCUT2D eigenvalue weighted by atomic mass is 35.5. The number of hydrogen-bond acceptors (Lipinski definition) is 4. The maximum absolute atomic E-state index is 6.52. The van der Waals surface area contributed by atoms with Crippen molar-refractivity contribution in [1.29, 1.82) is 0 Å². The van der Waals surface area contributed by atoms with Gasteiger partial charge in [0.2, 0.25) is 0 Å². The van der Waals surface area contributed by atoms with E-state index in [1.54, 1.807) is 14.2 Å². The van der Waals surface area contributed by atoms with E-state index < -0.39 is 0 Å². The van der Waals surface area contributed by atoms with E-state index in [9.17, 15) is 0 Å². The lowest BCUT2D eigenvalue weighted by Crippen LogP contribution is -2.37. The van der Waals surface area contributed by atoms with Gasteiger partial charge in [-0.15, -0.1) is 0 Å². The van der Waals surface area contributed by atoms with E-state index >= 15 is 0 Å². The van der Waals surface area contributed by atoms with E-state index in [1.165, 1.54) is 6.42 Å². The summed E-state index contributed by atoms with van der Waals surface area (Å²) in [7, 11) is 5.31. The lowest BCUT2D eigenvalue weighted by atomic mass is 9.96. The molecule has 1 aliphatic rings. The second-order valence-electron chi connectivity index (χ2n) is 5.29. The zero-order valence-electron chi connectivity index (χ0n) is 12.4. The van der Waals surface area contributed by atoms with Crippen LogP contribution in [0, 0.1) is 0 Å². The molecule has 1 heterocycles. The zero-order valence-corrected chi connectivity index (χ0v) is 13.1. The Balaban J connectivity index is 2.45. The molecule has 1 fully saturated rings. The van der Waals surface area contributed by atoms with Crippen LogP contribution in [0.2, 0.25) is 5.02 Å². The fraction of sp³-hybridized carbons (Fsp3) is 0.600. The van der Waals surface area contributed by atoms with Gasteiger partial charge in [-0.1, -0.05) is 24.1 Å². The van der Waals surface area contributed by atoms with E-state index in [0.717, 1.165) is 24.9 Å². The minimum Gasteiger partial charge on any atom is -0.493 e. The Morgan fingerprint density at radius 1 is 1.25 bits per heavy atom. The Kier molecular flexibility index (Phi) is 5.13. The summed E-state index contributed by atoms with van der Waals surface area (Å²) in [6.07, 6.45) is 3.35. The molecule has 2 rings (SSSR count). The quantitative estimate of drug-likeness (QED) is 0.932. The van der Waals surface area contributed by atoms with Crippen molar-refractivity contribution in [1.82, 2.24) is 4.90 Å². The van der Waals surface area contributed by atoms with E-state index in [4.69, 9.17) is 26.8 Å². The number of benzene rings is 1. The van der Waals surface area contributed by atoms with Crippen LogP contribution in [0.25, 0.3) is 0 Å². The standard InChI is InChI=1S/C15H23ClN2O2/c1-18-9-5-4-6-11(17)14(18)10-7-8-12(19-2)15(20-3)13(10)16/h7-8,11,14H,4-6,9,17H2,1-3H3. The number of likely N-dealkylation sites (tertiary alicyclic amines) is 1. The average Bonchev–Trinajstić information content (AvgIpc) is 2.60. The van der Waals surface area contributed by atoms with Crippen molar-refractivity contribution >= 4 is 11.6 Å². The van der Waals surface area contributed by atoms with Gasteiger partial charge < -0.3 is 15.2 Å². The number of halogens is 1. The molecule has 0 bridgehead atoms. The van der Waals surface area contributed by atoms with E-state index in [0.29, 0.717) is 16.5 Å². The van der Waals surface area contributed by atoms with Crippen molar-refractivity contribution in [3.63, 3.8) is 0 Å². The Hall–Kier alpha value is -0.970. The number of rotatable bonds is 3. The molecule has 2 atom stereocenters. The molecule has 0 radical (unpaired) electrons. The third kappa shape index (κ3) is 2.87. The van der Waals surface area contributed by atoms with Crippen molar-refractivity contribution in [2.24, 2.45) is 5.73 Å². The number of hydrogen-bond donors (Lipinski definition) is 1. The maximum atomic E-state index is 6.52. The summed E-state index contributed by atoms with van der Waals surface area (Å²) in [5.74, 6) is 1.22. The van der Waals surface area contributed by atoms with Crippen LogP contribution in [0.1, 0.15) is 30.9 Å². The van der Waals surface area contributed by atoms with Crippen molar-refractivity contribution in [3.05, 3.63) is 22.7 Å². The first-order chi connectivity index (χ1) is 9.60. The highest BCUT2D eigenvalue weighted by Crippen LogP contribution is 2.42. The highest BCUT2D eigenvalue weighted by molar-refractivity contribution is 6.33. The zero-order chi connectivity index (χ0) is 14.7. The smallest absolute Gasteiger partial charge is 0.179 e. The van der Waals surface area contributed by atoms with Gasteiger partial charge in [0.25, 0.3) is 0 Å². The first kappa shape index (κ1) is 15.4. The van der Waals surface area contributed by atoms with Crippen LogP contribution in [0.4, 0.5) is 0 Å². The number of methoxy groups -OCH3 is 2. The molecule has 0 amide bonds. The van der Waals surface area contributed by atoms with Crippen molar-refractivity contribution in [3.8, 4) is 11.5 Å². The lowest BCUT2D eigenvalue weighted by Gasteiger charge is -2.31. The molecule has 0 spiro atoms. The molecule has 20 heavy (non-hydrogen) atoms. The van der Waals surface area contributed by atoms with Gasteiger partial charge in [-0.05, 0) is 38.1 Å². The van der Waals surface area contributed by atoms with Crippen molar-refractivity contribution in [2.45, 2.75) is 31.3 Å². The predicted molar refractivity (Wildman–Crippen MR) is 81.8 cm³/mol. The lowest BCUT2D eigenvalue weighted by molar-refractivity contribution is 0.229. The molecular weight excluding hydrogens is 276 g/mol. The normalized spacial score (nSPS) is 24.2. The summed E-state index contributed by atoms with van der Waals surface area (Å²) in [5.41, 5.74) is 7.38. The summed E-state index contributed by atoms with van der Waals surface area (Å²) < 4.78 is 10.7. The van der Waals surface area contributed by atoms with Crippen LogP contribution in [0.15, 0.2) is 12.1 Å². The second-order valence-corrected chi connectivity index (χ2v) is 5.67. The van der Waals surface area contributed by atoms with Crippen molar-refractivity contribution in [2.75, 3.05) is 27.8 Å². The van der Waals surface area contributed by atoms with Crippen LogP contribution in [-0.4, -0.2) is 38.8 Å². The molecule has 1 saturated heterocycles. The molecule has 1 aromatic carbocycles. The number of likely N-dealkylation sites (N-methyl/N-ethyl adjacent to an activating group) is 1. The van der Waals surface area contributed by atoms with Crippen LogP contribution in [-0.2, 0) is 0 Å². The number of ether oxygens (including phenoxy) is 2. The van der Waals surface area contributed by atoms with E-state index in [1.807, 2.05) is 12.1 Å². The number of nitrogens with zero attached hydrogens (tertiary/aromatic N) is 1. The monoisotopic (exact) mass is 298 g/mol. The van der Waals surface area contributed by atoms with Gasteiger partial charge in [0.15, 0.2) is 11.5 Å². The van der Waals surface area contributed by atoms with Gasteiger partial charge >= 0.3 is 0 Å². The molecular formula is C15H23ClN2O2. The number of nitrogens with two attached hydrogens (primary N) is 1. The first-order valence-corrected chi connectivity index (χ1v) is 7.34. The summed E-state index contributed by atoms with van der Waals surface area (Å²) in [6, 6.07) is 4.09. The van der Waals surface area contributed by atoms with Crippen LogP contribution in [0.3, 0.4) is 0 Å². The minimum atomic E-state index is 0.0816. The first-order valence-electron chi connectivity index (χ1n) is 6.96. The Morgan fingerprint density at radius 3 is 2.65 bits per heavy atom. The molecule has 0 aromatic heterocycles. The van der Waals surface area contributed by atoms with Gasteiger partial charge in [0.05, 0.1) is 25.3 Å². The molecule has 1 aliphatic heterocycles. The topological polar surface area (TPSA) is 47.7 Å². The highest BCUT2D eigenvalue weighted by Gasteiger charge is 2.29. The summed E-state index contributed by atoms with van der Waals surface area (Å²) in [5, 5.41) is 0.598. The fourth-order valence-electron chi connectivity index (χ4n) is 2.97. The van der Waals surface area contributed by atoms with Gasteiger partial charge in [-0.3, -0.25) is 4.90 Å². The fourth-order valence-corrected chi connectivity index (χ4v) is 3.31. The molecule has 4 nitrogen and oxygen atoms in total. The van der Waals surface area contributed by atoms with E-state index in [2.05, 4.69) is 11.9 Å². The third-order valence-corrected chi connectivity index (χ3v) is 4.40. The third-order valence-electron chi connectivity index (χ3n) is 4.01. The summed E-state index contributed by atoms with van der Waals surface area (Å²) in [6.45, 7) is 1.03. The molecule has 5 heteroatoms. The van der Waals surface area contributed by atoms with E-state index in [-0.39, 0.29) is 12.1 Å². The van der Waals surface area contributed by atoms with Crippen LogP contribution in [0.5, 0.6) is 11.5 Å². The maximum Gasteiger partial charge on any atom is 0.179 e. The van der Waals surface area contributed by atoms with Crippen LogP contribution >= 0.6 is 11.6 Å². The average molecular weight is 299 g/mol. The Labute approximate surface area is 125 Å². The van der Waals surface area contributed by atoms with Crippen molar-refractivity contribution < 1.29 is 9.47 Å². The Bertz CT molecular complexity index is 455. The van der Waals surface area contributed by atoms with Gasteiger partial charge in [-0.25, -0.2) is 0 Å². The minimum absolute atomic E-state index is 0.0816. The SMILES string of the molecule is COc1ccc(C2C(N)CCCCN2C)c(Cl)c1OC. The molecule has 1 aromatic rings. The van der Waals surface area contributed by atoms with Gasteiger partial charge in [-0.2, -0.15) is 0 Å².